The molecule has 0 atom stereocenters. The number of aromatic amines is 1. The van der Waals surface area contributed by atoms with Gasteiger partial charge in [-0.2, -0.15) is 5.10 Å². The average Bonchev–Trinajstić information content (AvgIpc) is 3.31. The van der Waals surface area contributed by atoms with E-state index in [0.29, 0.717) is 18.0 Å². The number of carbonyl (C=O) groups is 1. The zero-order valence-corrected chi connectivity index (χ0v) is 16.9. The van der Waals surface area contributed by atoms with E-state index in [2.05, 4.69) is 25.7 Å². The minimum atomic E-state index is -0.305. The molecule has 2 heterocycles. The van der Waals surface area contributed by atoms with E-state index in [-0.39, 0.29) is 6.03 Å². The van der Waals surface area contributed by atoms with Gasteiger partial charge in [-0.25, -0.2) is 4.79 Å². The number of ether oxygens (including phenoxy) is 1. The van der Waals surface area contributed by atoms with Crippen LogP contribution in [0.5, 0.6) is 5.75 Å². The number of nitrogens with one attached hydrogen (secondary N) is 3. The molecule has 1 aliphatic rings. The Hall–Kier alpha value is -3.32. The number of para-hydroxylation sites is 1. The van der Waals surface area contributed by atoms with Crippen molar-refractivity contribution < 1.29 is 9.53 Å². The third kappa shape index (κ3) is 5.39. The summed E-state index contributed by atoms with van der Waals surface area (Å²) in [5.74, 6) is 0.808. The molecule has 0 aliphatic carbocycles. The third-order valence-corrected chi connectivity index (χ3v) is 5.20. The molecule has 156 valence electrons. The monoisotopic (exact) mass is 405 g/mol. The summed E-state index contributed by atoms with van der Waals surface area (Å²) in [7, 11) is 0. The molecule has 2 amide bonds. The second-order valence-electron chi connectivity index (χ2n) is 7.37. The first kappa shape index (κ1) is 20.0. The molecule has 2 aromatic carbocycles. The summed E-state index contributed by atoms with van der Waals surface area (Å²) in [6.07, 6.45) is 5.60. The van der Waals surface area contributed by atoms with Crippen LogP contribution in [0.25, 0.3) is 11.3 Å². The first-order valence-corrected chi connectivity index (χ1v) is 10.4. The molecule has 4 rings (SSSR count). The van der Waals surface area contributed by atoms with Gasteiger partial charge in [-0.3, -0.25) is 10.00 Å². The van der Waals surface area contributed by atoms with Crippen LogP contribution in [0.4, 0.5) is 16.2 Å². The Kier molecular flexibility index (Phi) is 6.61. The van der Waals surface area contributed by atoms with Crippen molar-refractivity contribution >= 4 is 17.4 Å². The van der Waals surface area contributed by atoms with Gasteiger partial charge in [0.15, 0.2) is 0 Å². The highest BCUT2D eigenvalue weighted by Crippen LogP contribution is 2.26. The van der Waals surface area contributed by atoms with Crippen molar-refractivity contribution in [2.75, 3.05) is 36.9 Å². The molecular formula is C23H27N5O2. The Labute approximate surface area is 176 Å². The van der Waals surface area contributed by atoms with Gasteiger partial charge in [-0.15, -0.1) is 0 Å². The van der Waals surface area contributed by atoms with Crippen molar-refractivity contribution in [1.82, 2.24) is 15.1 Å². The van der Waals surface area contributed by atoms with E-state index in [1.807, 2.05) is 54.6 Å². The van der Waals surface area contributed by atoms with Crippen LogP contribution in [0.15, 0.2) is 60.8 Å². The van der Waals surface area contributed by atoms with Crippen LogP contribution in [0, 0.1) is 0 Å². The standard InChI is InChI=1S/C23H27N5O2/c29-23(26-21-7-3-2-6-20(21)22-12-13-24-27-22)25-18-8-10-19(11-9-18)30-17-16-28-14-4-1-5-15-28/h2-3,6-13H,1,4-5,14-17H2,(H,24,27)(H2,25,26,29). The lowest BCUT2D eigenvalue weighted by Crippen LogP contribution is -2.33. The summed E-state index contributed by atoms with van der Waals surface area (Å²) in [6, 6.07) is 16.6. The van der Waals surface area contributed by atoms with E-state index in [0.717, 1.165) is 23.6 Å². The lowest BCUT2D eigenvalue weighted by molar-refractivity contribution is 0.183. The number of hydrogen-bond donors (Lipinski definition) is 3. The van der Waals surface area contributed by atoms with Crippen LogP contribution in [0.3, 0.4) is 0 Å². The number of aromatic nitrogens is 2. The molecule has 7 heteroatoms. The van der Waals surface area contributed by atoms with E-state index in [1.165, 1.54) is 32.4 Å². The molecule has 30 heavy (non-hydrogen) atoms. The highest BCUT2D eigenvalue weighted by atomic mass is 16.5. The predicted octanol–water partition coefficient (Wildman–Crippen LogP) is 4.59. The normalized spacial score (nSPS) is 14.3. The van der Waals surface area contributed by atoms with Gasteiger partial charge in [-0.1, -0.05) is 24.6 Å². The van der Waals surface area contributed by atoms with E-state index in [4.69, 9.17) is 4.74 Å². The number of likely N-dealkylation sites (tertiary alicyclic amines) is 1. The Morgan fingerprint density at radius 3 is 2.57 bits per heavy atom. The van der Waals surface area contributed by atoms with Gasteiger partial charge in [0.25, 0.3) is 0 Å². The SMILES string of the molecule is O=C(Nc1ccc(OCCN2CCCCC2)cc1)Nc1ccccc1-c1ccn[nH]1. The summed E-state index contributed by atoms with van der Waals surface area (Å²) < 4.78 is 5.84. The molecule has 1 saturated heterocycles. The minimum absolute atomic E-state index is 0.305. The summed E-state index contributed by atoms with van der Waals surface area (Å²) >= 11 is 0. The zero-order valence-electron chi connectivity index (χ0n) is 16.9. The Balaban J connectivity index is 1.28. The molecule has 3 aromatic rings. The Morgan fingerprint density at radius 2 is 1.80 bits per heavy atom. The smallest absolute Gasteiger partial charge is 0.323 e. The van der Waals surface area contributed by atoms with E-state index >= 15 is 0 Å². The Morgan fingerprint density at radius 1 is 1.00 bits per heavy atom. The van der Waals surface area contributed by atoms with E-state index in [1.54, 1.807) is 6.20 Å². The number of hydrogen-bond acceptors (Lipinski definition) is 4. The average molecular weight is 406 g/mol. The summed E-state index contributed by atoms with van der Waals surface area (Å²) in [6.45, 7) is 3.98. The number of rotatable bonds is 7. The van der Waals surface area contributed by atoms with Crippen LogP contribution in [-0.2, 0) is 0 Å². The van der Waals surface area contributed by atoms with Crippen LogP contribution in [0.2, 0.25) is 0 Å². The van der Waals surface area contributed by atoms with Gasteiger partial charge >= 0.3 is 6.03 Å². The van der Waals surface area contributed by atoms with Gasteiger partial charge in [0, 0.05) is 24.0 Å². The maximum atomic E-state index is 12.5. The fraction of sp³-hybridized carbons (Fsp3) is 0.304. The molecule has 3 N–H and O–H groups in total. The molecule has 0 saturated carbocycles. The minimum Gasteiger partial charge on any atom is -0.492 e. The molecule has 1 fully saturated rings. The van der Waals surface area contributed by atoms with Gasteiger partial charge in [-0.05, 0) is 62.3 Å². The number of amides is 2. The molecular weight excluding hydrogens is 378 g/mol. The number of nitrogens with zero attached hydrogens (tertiary/aromatic N) is 2. The summed E-state index contributed by atoms with van der Waals surface area (Å²) in [4.78, 5) is 14.9. The number of anilines is 2. The molecule has 0 unspecified atom stereocenters. The second-order valence-corrected chi connectivity index (χ2v) is 7.37. The zero-order chi connectivity index (χ0) is 20.6. The fourth-order valence-corrected chi connectivity index (χ4v) is 3.63. The van der Waals surface area contributed by atoms with Crippen LogP contribution < -0.4 is 15.4 Å². The van der Waals surface area contributed by atoms with Crippen molar-refractivity contribution in [2.45, 2.75) is 19.3 Å². The molecule has 1 aromatic heterocycles. The van der Waals surface area contributed by atoms with Crippen molar-refractivity contribution in [3.8, 4) is 17.0 Å². The van der Waals surface area contributed by atoms with Gasteiger partial charge in [0.1, 0.15) is 12.4 Å². The molecule has 7 nitrogen and oxygen atoms in total. The fourth-order valence-electron chi connectivity index (χ4n) is 3.63. The van der Waals surface area contributed by atoms with Crippen molar-refractivity contribution in [1.29, 1.82) is 0 Å². The highest BCUT2D eigenvalue weighted by Gasteiger charge is 2.11. The molecule has 0 spiro atoms. The largest absolute Gasteiger partial charge is 0.492 e. The second kappa shape index (κ2) is 9.93. The van der Waals surface area contributed by atoms with Crippen LogP contribution in [0.1, 0.15) is 19.3 Å². The lowest BCUT2D eigenvalue weighted by atomic mass is 10.1. The highest BCUT2D eigenvalue weighted by molar-refractivity contribution is 6.02. The van der Waals surface area contributed by atoms with E-state index in [9.17, 15) is 4.79 Å². The molecule has 1 aliphatic heterocycles. The van der Waals surface area contributed by atoms with Gasteiger partial charge in [0.2, 0.25) is 0 Å². The summed E-state index contributed by atoms with van der Waals surface area (Å²) in [5, 5.41) is 12.7. The molecule has 0 bridgehead atoms. The number of carbonyl (C=O) groups excluding carboxylic acids is 1. The van der Waals surface area contributed by atoms with Crippen molar-refractivity contribution in [2.24, 2.45) is 0 Å². The van der Waals surface area contributed by atoms with Crippen molar-refractivity contribution in [3.63, 3.8) is 0 Å². The number of H-pyrrole nitrogens is 1. The summed E-state index contributed by atoms with van der Waals surface area (Å²) in [5.41, 5.74) is 3.13. The van der Waals surface area contributed by atoms with Crippen LogP contribution in [-0.4, -0.2) is 47.4 Å². The number of benzene rings is 2. The molecule has 0 radical (unpaired) electrons. The maximum Gasteiger partial charge on any atom is 0.323 e. The van der Waals surface area contributed by atoms with E-state index < -0.39 is 0 Å². The number of piperidine rings is 1. The lowest BCUT2D eigenvalue weighted by Gasteiger charge is -2.26. The first-order chi connectivity index (χ1) is 14.8. The maximum absolute atomic E-state index is 12.5. The Bertz CT molecular complexity index is 934. The van der Waals surface area contributed by atoms with Gasteiger partial charge in [0.05, 0.1) is 11.4 Å². The van der Waals surface area contributed by atoms with Crippen LogP contribution >= 0.6 is 0 Å². The third-order valence-electron chi connectivity index (χ3n) is 5.20. The quantitative estimate of drug-likeness (QED) is 0.537. The van der Waals surface area contributed by atoms with Crippen molar-refractivity contribution in [3.05, 3.63) is 60.8 Å². The van der Waals surface area contributed by atoms with Gasteiger partial charge < -0.3 is 15.4 Å². The first-order valence-electron chi connectivity index (χ1n) is 10.4. The topological polar surface area (TPSA) is 82.3 Å². The predicted molar refractivity (Wildman–Crippen MR) is 119 cm³/mol. The number of urea groups is 1.